The van der Waals surface area contributed by atoms with Crippen molar-refractivity contribution in [3.05, 3.63) is 40.3 Å². The first-order chi connectivity index (χ1) is 9.82. The lowest BCUT2D eigenvalue weighted by molar-refractivity contribution is -0.142. The Morgan fingerprint density at radius 2 is 2.10 bits per heavy atom. The highest BCUT2D eigenvalue weighted by Crippen LogP contribution is 2.34. The van der Waals surface area contributed by atoms with Crippen LogP contribution in [-0.4, -0.2) is 19.9 Å². The van der Waals surface area contributed by atoms with Crippen molar-refractivity contribution in [3.8, 4) is 5.88 Å². The van der Waals surface area contributed by atoms with Crippen LogP contribution < -0.4 is 4.74 Å². The first-order valence-electron chi connectivity index (χ1n) is 5.81. The zero-order valence-corrected chi connectivity index (χ0v) is 11.6. The average molecular weight is 322 g/mol. The molecule has 0 bridgehead atoms. The van der Waals surface area contributed by atoms with Gasteiger partial charge in [-0.05, 0) is 6.07 Å². The minimum absolute atomic E-state index is 0.0922. The molecule has 0 radical (unpaired) electrons. The van der Waals surface area contributed by atoms with E-state index in [2.05, 4.69) is 10.1 Å². The van der Waals surface area contributed by atoms with Crippen molar-refractivity contribution in [3.63, 3.8) is 0 Å². The quantitative estimate of drug-likeness (QED) is 0.940. The van der Waals surface area contributed by atoms with Gasteiger partial charge in [-0.25, -0.2) is 4.98 Å². The van der Waals surface area contributed by atoms with E-state index in [1.807, 2.05) is 0 Å². The molecule has 0 aliphatic rings. The van der Waals surface area contributed by atoms with Gasteiger partial charge in [0.1, 0.15) is 11.8 Å². The predicted octanol–water partition coefficient (Wildman–Crippen LogP) is 2.56. The first kappa shape index (κ1) is 15.6. The largest absolute Gasteiger partial charge is 0.473 e. The lowest BCUT2D eigenvalue weighted by Gasteiger charge is -2.08. The summed E-state index contributed by atoms with van der Waals surface area (Å²) in [7, 11) is 1.31. The van der Waals surface area contributed by atoms with E-state index in [0.717, 1.165) is 4.68 Å². The molecule has 5 nitrogen and oxygen atoms in total. The topological polar surface area (TPSA) is 60.2 Å². The molecule has 0 aromatic carbocycles. The molecular weight excluding hydrogens is 311 g/mol. The van der Waals surface area contributed by atoms with Crippen molar-refractivity contribution in [2.24, 2.45) is 7.05 Å². The van der Waals surface area contributed by atoms with Gasteiger partial charge in [-0.2, -0.15) is 18.3 Å². The lowest BCUT2D eigenvalue weighted by Crippen LogP contribution is -2.11. The van der Waals surface area contributed by atoms with Crippen molar-refractivity contribution in [2.45, 2.75) is 19.4 Å². The van der Waals surface area contributed by atoms with Crippen LogP contribution >= 0.6 is 11.6 Å². The first-order valence-corrected chi connectivity index (χ1v) is 6.19. The minimum atomic E-state index is -4.62. The normalized spacial score (nSPS) is 11.7. The maximum Gasteiger partial charge on any atom is 0.435 e. The number of nitrogens with zero attached hydrogens (tertiary/aromatic N) is 3. The summed E-state index contributed by atoms with van der Waals surface area (Å²) in [6, 6.07) is 4.60. The van der Waals surface area contributed by atoms with Crippen molar-refractivity contribution >= 4 is 11.6 Å². The van der Waals surface area contributed by atoms with E-state index in [0.29, 0.717) is 5.69 Å². The summed E-state index contributed by atoms with van der Waals surface area (Å²) < 4.78 is 44.7. The third-order valence-electron chi connectivity index (χ3n) is 2.65. The molecule has 0 atom stereocenters. The lowest BCUT2D eigenvalue weighted by atomic mass is 10.2. The molecule has 0 saturated heterocycles. The number of pyridine rings is 1. The smallest absolute Gasteiger partial charge is 0.435 e. The minimum Gasteiger partial charge on any atom is -0.473 e. The molecule has 0 aliphatic heterocycles. The number of alkyl halides is 3. The number of hydrogen-bond donors (Lipinski definition) is 1. The monoisotopic (exact) mass is 321 g/mol. The molecule has 0 fully saturated rings. The van der Waals surface area contributed by atoms with E-state index in [-0.39, 0.29) is 23.2 Å². The van der Waals surface area contributed by atoms with Gasteiger partial charge in [-0.15, -0.1) is 0 Å². The second-order valence-electron chi connectivity index (χ2n) is 4.15. The van der Waals surface area contributed by atoms with Crippen LogP contribution in [0.2, 0.25) is 5.15 Å². The Kier molecular flexibility index (Phi) is 4.38. The summed E-state index contributed by atoms with van der Waals surface area (Å²) in [5.41, 5.74) is -1.00. The third-order valence-corrected chi connectivity index (χ3v) is 3.12. The van der Waals surface area contributed by atoms with E-state index in [9.17, 15) is 13.2 Å². The molecule has 2 aromatic heterocycles. The number of ether oxygens (including phenoxy) is 1. The molecule has 9 heteroatoms. The molecule has 0 saturated carbocycles. The van der Waals surface area contributed by atoms with E-state index in [1.165, 1.54) is 13.1 Å². The van der Waals surface area contributed by atoms with Crippen LogP contribution in [0.5, 0.6) is 5.88 Å². The second-order valence-corrected chi connectivity index (χ2v) is 4.51. The Morgan fingerprint density at radius 1 is 1.38 bits per heavy atom. The van der Waals surface area contributed by atoms with Crippen LogP contribution in [0.4, 0.5) is 13.2 Å². The van der Waals surface area contributed by atoms with E-state index >= 15 is 0 Å². The van der Waals surface area contributed by atoms with Gasteiger partial charge in [0.25, 0.3) is 0 Å². The Hall–Kier alpha value is -1.80. The number of halogens is 4. The van der Waals surface area contributed by atoms with Gasteiger partial charge in [-0.1, -0.05) is 17.7 Å². The van der Waals surface area contributed by atoms with Gasteiger partial charge < -0.3 is 9.84 Å². The van der Waals surface area contributed by atoms with Gasteiger partial charge in [0.05, 0.1) is 17.9 Å². The van der Waals surface area contributed by atoms with Crippen LogP contribution in [0.1, 0.15) is 17.0 Å². The van der Waals surface area contributed by atoms with Gasteiger partial charge in [0.2, 0.25) is 5.88 Å². The number of aliphatic hydroxyl groups is 1. The summed E-state index contributed by atoms with van der Waals surface area (Å²) in [5.74, 6) is 0.0922. The molecule has 2 aromatic rings. The number of rotatable bonds is 4. The van der Waals surface area contributed by atoms with Crippen molar-refractivity contribution in [2.75, 3.05) is 0 Å². The Balaban J connectivity index is 2.23. The fourth-order valence-corrected chi connectivity index (χ4v) is 1.86. The molecule has 1 N–H and O–H groups in total. The highest BCUT2D eigenvalue weighted by molar-refractivity contribution is 6.30. The van der Waals surface area contributed by atoms with Crippen LogP contribution in [0, 0.1) is 0 Å². The fourth-order valence-electron chi connectivity index (χ4n) is 1.68. The maximum absolute atomic E-state index is 12.8. The second kappa shape index (κ2) is 5.90. The Labute approximate surface area is 122 Å². The SMILES string of the molecule is Cn1nc(C(F)(F)F)c(COc2cccc(CO)n2)c1Cl. The van der Waals surface area contributed by atoms with Crippen molar-refractivity contribution < 1.29 is 23.0 Å². The summed E-state index contributed by atoms with van der Waals surface area (Å²) in [5, 5.41) is 12.1. The Morgan fingerprint density at radius 3 is 2.71 bits per heavy atom. The Bertz CT molecular complexity index is 643. The van der Waals surface area contributed by atoms with Gasteiger partial charge in [-0.3, -0.25) is 4.68 Å². The highest BCUT2D eigenvalue weighted by Gasteiger charge is 2.38. The number of aryl methyl sites for hydroxylation is 1. The fraction of sp³-hybridized carbons (Fsp3) is 0.333. The number of aromatic nitrogens is 3. The average Bonchev–Trinajstić information content (AvgIpc) is 2.73. The molecule has 0 spiro atoms. The van der Waals surface area contributed by atoms with Crippen LogP contribution in [0.25, 0.3) is 0 Å². The molecule has 2 rings (SSSR count). The number of hydrogen-bond acceptors (Lipinski definition) is 4. The third kappa shape index (κ3) is 3.45. The standard InChI is InChI=1S/C12H11ClF3N3O2/c1-19-11(13)8(10(18-19)12(14,15)16)6-21-9-4-2-3-7(5-20)17-9/h2-4,20H,5-6H2,1H3. The molecule has 0 unspecified atom stereocenters. The van der Waals surface area contributed by atoms with E-state index < -0.39 is 18.5 Å². The van der Waals surface area contributed by atoms with Gasteiger partial charge >= 0.3 is 6.18 Å². The zero-order valence-electron chi connectivity index (χ0n) is 10.9. The van der Waals surface area contributed by atoms with Gasteiger partial charge in [0.15, 0.2) is 5.69 Å². The predicted molar refractivity (Wildman–Crippen MR) is 67.7 cm³/mol. The van der Waals surface area contributed by atoms with Crippen molar-refractivity contribution in [1.29, 1.82) is 0 Å². The van der Waals surface area contributed by atoms with E-state index in [1.54, 1.807) is 12.1 Å². The molecule has 21 heavy (non-hydrogen) atoms. The van der Waals surface area contributed by atoms with Crippen molar-refractivity contribution in [1.82, 2.24) is 14.8 Å². The molecule has 0 aliphatic carbocycles. The summed E-state index contributed by atoms with van der Waals surface area (Å²) >= 11 is 5.80. The van der Waals surface area contributed by atoms with E-state index in [4.69, 9.17) is 21.4 Å². The summed E-state index contributed by atoms with van der Waals surface area (Å²) in [6.45, 7) is -0.720. The van der Waals surface area contributed by atoms with Gasteiger partial charge in [0, 0.05) is 13.1 Å². The van der Waals surface area contributed by atoms with Crippen LogP contribution in [-0.2, 0) is 26.4 Å². The highest BCUT2D eigenvalue weighted by atomic mass is 35.5. The van der Waals surface area contributed by atoms with Crippen LogP contribution in [0.3, 0.4) is 0 Å². The maximum atomic E-state index is 12.8. The number of aliphatic hydroxyl groups excluding tert-OH is 1. The molecule has 0 amide bonds. The summed E-state index contributed by atoms with van der Waals surface area (Å²) in [4.78, 5) is 3.91. The van der Waals surface area contributed by atoms with Crippen LogP contribution in [0.15, 0.2) is 18.2 Å². The zero-order chi connectivity index (χ0) is 15.6. The molecule has 114 valence electrons. The summed E-state index contributed by atoms with van der Waals surface area (Å²) in [6.07, 6.45) is -4.62. The molecule has 2 heterocycles. The molecular formula is C12H11ClF3N3O2.